The van der Waals surface area contributed by atoms with E-state index in [2.05, 4.69) is 40.6 Å². The SMILES string of the molecule is CCC(c1nccs1)n1cncc1CNC(C)C. The van der Waals surface area contributed by atoms with E-state index in [0.717, 1.165) is 18.0 Å². The molecule has 98 valence electrons. The average Bonchev–Trinajstić information content (AvgIpc) is 2.99. The molecule has 0 spiro atoms. The maximum Gasteiger partial charge on any atom is 0.115 e. The lowest BCUT2D eigenvalue weighted by atomic mass is 10.2. The lowest BCUT2D eigenvalue weighted by Gasteiger charge is -2.18. The van der Waals surface area contributed by atoms with E-state index in [0.29, 0.717) is 12.1 Å². The summed E-state index contributed by atoms with van der Waals surface area (Å²) >= 11 is 1.71. The summed E-state index contributed by atoms with van der Waals surface area (Å²) in [5.74, 6) is 0. The predicted octanol–water partition coefficient (Wildman–Crippen LogP) is 2.84. The summed E-state index contributed by atoms with van der Waals surface area (Å²) in [7, 11) is 0. The van der Waals surface area contributed by atoms with Crippen LogP contribution in [0.1, 0.15) is 43.9 Å². The Morgan fingerprint density at radius 3 is 2.89 bits per heavy atom. The minimum Gasteiger partial charge on any atom is -0.323 e. The number of rotatable bonds is 6. The van der Waals surface area contributed by atoms with Gasteiger partial charge in [0.1, 0.15) is 5.01 Å². The van der Waals surface area contributed by atoms with Crippen LogP contribution in [0.3, 0.4) is 0 Å². The molecule has 1 atom stereocenters. The van der Waals surface area contributed by atoms with Crippen molar-refractivity contribution < 1.29 is 0 Å². The zero-order chi connectivity index (χ0) is 13.0. The van der Waals surface area contributed by atoms with Crippen LogP contribution >= 0.6 is 11.3 Å². The van der Waals surface area contributed by atoms with Crippen molar-refractivity contribution in [2.24, 2.45) is 0 Å². The smallest absolute Gasteiger partial charge is 0.115 e. The molecule has 0 saturated carbocycles. The van der Waals surface area contributed by atoms with Crippen LogP contribution in [0.15, 0.2) is 24.1 Å². The number of aromatic nitrogens is 3. The minimum atomic E-state index is 0.302. The van der Waals surface area contributed by atoms with Gasteiger partial charge in [0.15, 0.2) is 0 Å². The van der Waals surface area contributed by atoms with Crippen molar-refractivity contribution in [1.82, 2.24) is 19.9 Å². The Labute approximate surface area is 112 Å². The minimum absolute atomic E-state index is 0.302. The highest BCUT2D eigenvalue weighted by Gasteiger charge is 2.16. The molecule has 5 heteroatoms. The summed E-state index contributed by atoms with van der Waals surface area (Å²) in [6.45, 7) is 7.34. The first-order valence-corrected chi connectivity index (χ1v) is 7.23. The van der Waals surface area contributed by atoms with Crippen molar-refractivity contribution in [3.8, 4) is 0 Å². The lowest BCUT2D eigenvalue weighted by Crippen LogP contribution is -2.24. The molecule has 0 fully saturated rings. The monoisotopic (exact) mass is 264 g/mol. The summed E-state index contributed by atoms with van der Waals surface area (Å²) in [5.41, 5.74) is 1.21. The first-order chi connectivity index (χ1) is 8.72. The Kier molecular flexibility index (Phi) is 4.49. The van der Waals surface area contributed by atoms with Gasteiger partial charge < -0.3 is 9.88 Å². The summed E-state index contributed by atoms with van der Waals surface area (Å²) < 4.78 is 2.23. The van der Waals surface area contributed by atoms with Crippen LogP contribution in [0.25, 0.3) is 0 Å². The van der Waals surface area contributed by atoms with Crippen molar-refractivity contribution in [2.45, 2.75) is 45.8 Å². The average molecular weight is 264 g/mol. The molecule has 0 aliphatic carbocycles. The molecule has 0 bridgehead atoms. The van der Waals surface area contributed by atoms with Crippen LogP contribution in [0.5, 0.6) is 0 Å². The van der Waals surface area contributed by atoms with Crippen molar-refractivity contribution in [3.63, 3.8) is 0 Å². The molecule has 18 heavy (non-hydrogen) atoms. The van der Waals surface area contributed by atoms with Crippen molar-refractivity contribution in [2.75, 3.05) is 0 Å². The third-order valence-electron chi connectivity index (χ3n) is 2.90. The second-order valence-electron chi connectivity index (χ2n) is 4.62. The predicted molar refractivity (Wildman–Crippen MR) is 74.7 cm³/mol. The number of imidazole rings is 1. The second-order valence-corrected chi connectivity index (χ2v) is 5.55. The van der Waals surface area contributed by atoms with Crippen LogP contribution < -0.4 is 5.32 Å². The fourth-order valence-corrected chi connectivity index (χ4v) is 2.77. The Balaban J connectivity index is 2.19. The molecule has 0 aliphatic heterocycles. The van der Waals surface area contributed by atoms with Gasteiger partial charge in [-0.2, -0.15) is 0 Å². The molecule has 0 radical (unpaired) electrons. The standard InChI is InChI=1S/C13H20N4S/c1-4-12(13-15-5-6-18-13)17-9-14-7-11(17)8-16-10(2)3/h5-7,9-10,12,16H,4,8H2,1-3H3. The van der Waals surface area contributed by atoms with Crippen LogP contribution in [0.2, 0.25) is 0 Å². The third-order valence-corrected chi connectivity index (χ3v) is 3.77. The highest BCUT2D eigenvalue weighted by molar-refractivity contribution is 7.09. The van der Waals surface area contributed by atoms with E-state index in [-0.39, 0.29) is 0 Å². The molecule has 0 saturated heterocycles. The van der Waals surface area contributed by atoms with Gasteiger partial charge in [0.2, 0.25) is 0 Å². The van der Waals surface area contributed by atoms with E-state index >= 15 is 0 Å². The van der Waals surface area contributed by atoms with Gasteiger partial charge in [0.05, 0.1) is 18.1 Å². The van der Waals surface area contributed by atoms with Gasteiger partial charge in [0.25, 0.3) is 0 Å². The Hall–Kier alpha value is -1.20. The molecule has 1 N–H and O–H groups in total. The largest absolute Gasteiger partial charge is 0.323 e. The molecular weight excluding hydrogens is 244 g/mol. The number of nitrogens with zero attached hydrogens (tertiary/aromatic N) is 3. The van der Waals surface area contributed by atoms with Gasteiger partial charge in [-0.05, 0) is 6.42 Å². The summed E-state index contributed by atoms with van der Waals surface area (Å²) in [6, 6.07) is 0.782. The Bertz CT molecular complexity index is 461. The van der Waals surface area contributed by atoms with Crippen molar-refractivity contribution in [3.05, 3.63) is 34.8 Å². The molecule has 0 aromatic carbocycles. The number of nitrogens with one attached hydrogen (secondary N) is 1. The Morgan fingerprint density at radius 1 is 1.44 bits per heavy atom. The molecule has 0 aliphatic rings. The quantitative estimate of drug-likeness (QED) is 0.872. The van der Waals surface area contributed by atoms with Crippen molar-refractivity contribution >= 4 is 11.3 Å². The second kappa shape index (κ2) is 6.11. The van der Waals surface area contributed by atoms with E-state index in [9.17, 15) is 0 Å². The van der Waals surface area contributed by atoms with E-state index in [1.165, 1.54) is 5.69 Å². The molecule has 2 aromatic heterocycles. The first kappa shape index (κ1) is 13.2. The maximum atomic E-state index is 4.43. The summed E-state index contributed by atoms with van der Waals surface area (Å²) in [6.07, 6.45) is 6.74. The van der Waals surface area contributed by atoms with Gasteiger partial charge in [-0.25, -0.2) is 9.97 Å². The molecule has 0 amide bonds. The number of thiazole rings is 1. The summed E-state index contributed by atoms with van der Waals surface area (Å²) in [5, 5.41) is 6.62. The van der Waals surface area contributed by atoms with Crippen LogP contribution in [-0.4, -0.2) is 20.6 Å². The molecule has 2 heterocycles. The van der Waals surface area contributed by atoms with Gasteiger partial charge in [-0.15, -0.1) is 11.3 Å². The topological polar surface area (TPSA) is 42.7 Å². The normalized spacial score (nSPS) is 13.1. The molecule has 1 unspecified atom stereocenters. The first-order valence-electron chi connectivity index (χ1n) is 6.35. The van der Waals surface area contributed by atoms with E-state index in [1.54, 1.807) is 11.3 Å². The lowest BCUT2D eigenvalue weighted by molar-refractivity contribution is 0.510. The highest BCUT2D eigenvalue weighted by Crippen LogP contribution is 2.25. The fraction of sp³-hybridized carbons (Fsp3) is 0.538. The number of hydrogen-bond donors (Lipinski definition) is 1. The van der Waals surface area contributed by atoms with Crippen LogP contribution in [0.4, 0.5) is 0 Å². The van der Waals surface area contributed by atoms with Gasteiger partial charge in [-0.1, -0.05) is 20.8 Å². The Morgan fingerprint density at radius 2 is 2.28 bits per heavy atom. The molecule has 4 nitrogen and oxygen atoms in total. The fourth-order valence-electron chi connectivity index (χ4n) is 1.95. The van der Waals surface area contributed by atoms with Crippen LogP contribution in [0, 0.1) is 0 Å². The van der Waals surface area contributed by atoms with E-state index < -0.39 is 0 Å². The third kappa shape index (κ3) is 2.97. The summed E-state index contributed by atoms with van der Waals surface area (Å²) in [4.78, 5) is 8.71. The van der Waals surface area contributed by atoms with Crippen LogP contribution in [-0.2, 0) is 6.54 Å². The van der Waals surface area contributed by atoms with E-state index in [4.69, 9.17) is 0 Å². The zero-order valence-corrected chi connectivity index (χ0v) is 11.9. The van der Waals surface area contributed by atoms with Gasteiger partial charge >= 0.3 is 0 Å². The molecular formula is C13H20N4S. The number of hydrogen-bond acceptors (Lipinski definition) is 4. The maximum absolute atomic E-state index is 4.43. The van der Waals surface area contributed by atoms with Gasteiger partial charge in [-0.3, -0.25) is 0 Å². The zero-order valence-electron chi connectivity index (χ0n) is 11.1. The van der Waals surface area contributed by atoms with E-state index in [1.807, 2.05) is 24.1 Å². The molecule has 2 rings (SSSR count). The highest BCUT2D eigenvalue weighted by atomic mass is 32.1. The molecule has 2 aromatic rings. The van der Waals surface area contributed by atoms with Crippen molar-refractivity contribution in [1.29, 1.82) is 0 Å². The van der Waals surface area contributed by atoms with Gasteiger partial charge in [0, 0.05) is 30.4 Å².